The number of rotatable bonds is 3. The molecule has 3 heterocycles. The van der Waals surface area contributed by atoms with Crippen LogP contribution in [0.25, 0.3) is 6.08 Å². The molecule has 1 atom stereocenters. The highest BCUT2D eigenvalue weighted by atomic mass is 19.1. The number of nitrogens with one attached hydrogen (secondary N) is 1. The maximum Gasteiger partial charge on any atom is 0.254 e. The largest absolute Gasteiger partial charge is 0.467 e. The van der Waals surface area contributed by atoms with Crippen molar-refractivity contribution in [1.82, 2.24) is 15.2 Å². The van der Waals surface area contributed by atoms with Crippen molar-refractivity contribution in [1.29, 1.82) is 0 Å². The fraction of sp³-hybridized carbons (Fsp3) is 0.238. The van der Waals surface area contributed by atoms with Crippen molar-refractivity contribution in [2.24, 2.45) is 0 Å². The second-order valence-electron chi connectivity index (χ2n) is 6.66. The number of carbonyl (C=O) groups excluding carboxylic acids is 1. The zero-order valence-electron chi connectivity index (χ0n) is 15.0. The Labute approximate surface area is 157 Å². The third-order valence-corrected chi connectivity index (χ3v) is 4.92. The van der Waals surface area contributed by atoms with Crippen LogP contribution in [0.5, 0.6) is 0 Å². The van der Waals surface area contributed by atoms with E-state index in [1.807, 2.05) is 25.1 Å². The highest BCUT2D eigenvalue weighted by Crippen LogP contribution is 2.32. The Hall–Kier alpha value is -3.15. The molecule has 1 amide bonds. The van der Waals surface area contributed by atoms with E-state index in [0.717, 1.165) is 22.6 Å². The average molecular weight is 365 g/mol. The van der Waals surface area contributed by atoms with Gasteiger partial charge in [-0.25, -0.2) is 4.39 Å². The normalized spacial score (nSPS) is 18.6. The van der Waals surface area contributed by atoms with Crippen LogP contribution in [0.3, 0.4) is 0 Å². The summed E-state index contributed by atoms with van der Waals surface area (Å²) < 4.78 is 19.0. The van der Waals surface area contributed by atoms with Gasteiger partial charge in [-0.1, -0.05) is 24.8 Å². The van der Waals surface area contributed by atoms with Crippen LogP contribution < -0.4 is 5.32 Å². The molecule has 0 radical (unpaired) electrons. The molecule has 1 aromatic carbocycles. The molecule has 6 heteroatoms. The molecule has 0 spiro atoms. The third-order valence-electron chi connectivity index (χ3n) is 4.92. The van der Waals surface area contributed by atoms with Gasteiger partial charge in [-0.2, -0.15) is 0 Å². The third kappa shape index (κ3) is 3.18. The van der Waals surface area contributed by atoms with Gasteiger partial charge in [-0.05, 0) is 36.2 Å². The maximum absolute atomic E-state index is 13.1. The Kier molecular flexibility index (Phi) is 4.39. The summed E-state index contributed by atoms with van der Waals surface area (Å²) in [6.07, 6.45) is 3.07. The molecular formula is C21H20FN3O2. The number of hydrogen-bond donors (Lipinski definition) is 1. The van der Waals surface area contributed by atoms with Gasteiger partial charge < -0.3 is 15.0 Å². The van der Waals surface area contributed by atoms with Gasteiger partial charge in [0.05, 0.1) is 18.4 Å². The Balaban J connectivity index is 1.50. The first-order chi connectivity index (χ1) is 13.1. The molecule has 0 saturated heterocycles. The van der Waals surface area contributed by atoms with E-state index in [4.69, 9.17) is 4.74 Å². The molecule has 5 nitrogen and oxygen atoms in total. The molecule has 0 saturated carbocycles. The summed E-state index contributed by atoms with van der Waals surface area (Å²) in [4.78, 5) is 18.9. The first-order valence-electron chi connectivity index (χ1n) is 8.85. The van der Waals surface area contributed by atoms with Crippen LogP contribution in [0, 0.1) is 12.7 Å². The molecular weight excluding hydrogens is 345 g/mol. The van der Waals surface area contributed by atoms with Crippen LogP contribution in [-0.2, 0) is 4.74 Å². The molecule has 1 aromatic heterocycles. The fourth-order valence-corrected chi connectivity index (χ4v) is 3.49. The summed E-state index contributed by atoms with van der Waals surface area (Å²) in [6.45, 7) is 6.82. The zero-order chi connectivity index (χ0) is 19.0. The lowest BCUT2D eigenvalue weighted by atomic mass is 10.0. The number of ether oxygens (including phenoxy) is 1. The van der Waals surface area contributed by atoms with E-state index in [2.05, 4.69) is 16.9 Å². The molecule has 0 bridgehead atoms. The van der Waals surface area contributed by atoms with Crippen molar-refractivity contribution in [2.75, 3.05) is 13.1 Å². The number of pyridine rings is 1. The van der Waals surface area contributed by atoms with Gasteiger partial charge in [-0.3, -0.25) is 9.78 Å². The molecule has 138 valence electrons. The van der Waals surface area contributed by atoms with Crippen molar-refractivity contribution >= 4 is 12.0 Å². The second kappa shape index (κ2) is 6.87. The van der Waals surface area contributed by atoms with Gasteiger partial charge in [0.1, 0.15) is 17.3 Å². The van der Waals surface area contributed by atoms with Crippen LogP contribution in [0.15, 0.2) is 54.6 Å². The maximum atomic E-state index is 13.1. The molecule has 0 fully saturated rings. The number of amides is 1. The number of carbonyl (C=O) groups is 1. The summed E-state index contributed by atoms with van der Waals surface area (Å²) in [5.41, 5.74) is 4.03. The van der Waals surface area contributed by atoms with Crippen LogP contribution in [0.2, 0.25) is 0 Å². The predicted molar refractivity (Wildman–Crippen MR) is 100.0 cm³/mol. The minimum atomic E-state index is -0.451. The van der Waals surface area contributed by atoms with E-state index < -0.39 is 6.23 Å². The van der Waals surface area contributed by atoms with E-state index in [-0.39, 0.29) is 11.7 Å². The Morgan fingerprint density at radius 3 is 3.00 bits per heavy atom. The number of nitrogens with zero attached hydrogens (tertiary/aromatic N) is 2. The Morgan fingerprint density at radius 2 is 2.26 bits per heavy atom. The van der Waals surface area contributed by atoms with Crippen molar-refractivity contribution in [2.45, 2.75) is 19.6 Å². The summed E-state index contributed by atoms with van der Waals surface area (Å²) in [5, 5.41) is 3.26. The lowest BCUT2D eigenvalue weighted by Crippen LogP contribution is -2.39. The summed E-state index contributed by atoms with van der Waals surface area (Å²) >= 11 is 0. The van der Waals surface area contributed by atoms with E-state index in [1.165, 1.54) is 12.3 Å². The van der Waals surface area contributed by atoms with Gasteiger partial charge in [-0.15, -0.1) is 0 Å². The molecule has 1 unspecified atom stereocenters. The number of aromatic nitrogens is 1. The SMILES string of the molecule is C=Cc1c(C)cccc1C(=O)N1CCC2=C(C1)NC(c1ccc(F)cn1)O2. The van der Waals surface area contributed by atoms with Crippen LogP contribution in [0.1, 0.15) is 39.8 Å². The zero-order valence-corrected chi connectivity index (χ0v) is 15.0. The van der Waals surface area contributed by atoms with Crippen molar-refractivity contribution in [3.63, 3.8) is 0 Å². The summed E-state index contributed by atoms with van der Waals surface area (Å²) in [6, 6.07) is 8.64. The number of halogens is 1. The summed E-state index contributed by atoms with van der Waals surface area (Å²) in [5.74, 6) is 0.427. The summed E-state index contributed by atoms with van der Waals surface area (Å²) in [7, 11) is 0. The first kappa shape index (κ1) is 17.3. The van der Waals surface area contributed by atoms with Gasteiger partial charge in [0.15, 0.2) is 0 Å². The van der Waals surface area contributed by atoms with Crippen molar-refractivity contribution in [3.05, 3.63) is 82.8 Å². The van der Waals surface area contributed by atoms with Crippen molar-refractivity contribution in [3.8, 4) is 0 Å². The minimum Gasteiger partial charge on any atom is -0.467 e. The topological polar surface area (TPSA) is 54.5 Å². The molecule has 2 aromatic rings. The first-order valence-corrected chi connectivity index (χ1v) is 8.85. The minimum absolute atomic E-state index is 0.0229. The molecule has 0 aliphatic carbocycles. The van der Waals surface area contributed by atoms with Gasteiger partial charge in [0.25, 0.3) is 5.91 Å². The van der Waals surface area contributed by atoms with Gasteiger partial charge in [0, 0.05) is 18.5 Å². The van der Waals surface area contributed by atoms with Crippen molar-refractivity contribution < 1.29 is 13.9 Å². The molecule has 2 aliphatic rings. The average Bonchev–Trinajstić information content (AvgIpc) is 3.11. The van der Waals surface area contributed by atoms with Gasteiger partial charge in [0.2, 0.25) is 6.23 Å². The quantitative estimate of drug-likeness (QED) is 0.904. The standard InChI is InChI=1S/C21H20FN3O2/c1-3-15-13(2)5-4-6-16(15)21(26)25-10-9-19-18(12-25)24-20(27-19)17-8-7-14(22)11-23-17/h3-8,11,20,24H,1,9-10,12H2,2H3. The monoisotopic (exact) mass is 365 g/mol. The number of aryl methyl sites for hydroxylation is 1. The molecule has 27 heavy (non-hydrogen) atoms. The van der Waals surface area contributed by atoms with Crippen LogP contribution in [0.4, 0.5) is 4.39 Å². The molecule has 4 rings (SSSR count). The Morgan fingerprint density at radius 1 is 1.41 bits per heavy atom. The lowest BCUT2D eigenvalue weighted by molar-refractivity contribution is 0.0745. The van der Waals surface area contributed by atoms with Crippen LogP contribution >= 0.6 is 0 Å². The number of benzene rings is 1. The lowest BCUT2D eigenvalue weighted by Gasteiger charge is -2.27. The fourth-order valence-electron chi connectivity index (χ4n) is 3.49. The highest BCUT2D eigenvalue weighted by molar-refractivity contribution is 5.98. The van der Waals surface area contributed by atoms with E-state index in [0.29, 0.717) is 30.8 Å². The highest BCUT2D eigenvalue weighted by Gasteiger charge is 2.33. The van der Waals surface area contributed by atoms with E-state index in [9.17, 15) is 9.18 Å². The number of hydrogen-bond acceptors (Lipinski definition) is 4. The van der Waals surface area contributed by atoms with Gasteiger partial charge >= 0.3 is 0 Å². The Bertz CT molecular complexity index is 937. The second-order valence-corrected chi connectivity index (χ2v) is 6.66. The van der Waals surface area contributed by atoms with E-state index >= 15 is 0 Å². The predicted octanol–water partition coefficient (Wildman–Crippen LogP) is 3.55. The van der Waals surface area contributed by atoms with Crippen LogP contribution in [-0.4, -0.2) is 28.9 Å². The molecule has 2 aliphatic heterocycles. The molecule has 1 N–H and O–H groups in total. The smallest absolute Gasteiger partial charge is 0.254 e. The van der Waals surface area contributed by atoms with E-state index in [1.54, 1.807) is 17.0 Å².